The Balaban J connectivity index is 2.06. The smallest absolute Gasteiger partial charge is 0.156 e. The van der Waals surface area contributed by atoms with E-state index in [4.69, 9.17) is 27.9 Å². The summed E-state index contributed by atoms with van der Waals surface area (Å²) in [6.07, 6.45) is 2.45. The molecule has 116 valence electrons. The van der Waals surface area contributed by atoms with Crippen LogP contribution in [0.5, 0.6) is 5.75 Å². The topological polar surface area (TPSA) is 33.6 Å². The minimum Gasteiger partial charge on any atom is -0.490 e. The van der Waals surface area contributed by atoms with Gasteiger partial charge >= 0.3 is 0 Å². The summed E-state index contributed by atoms with van der Waals surface area (Å²) >= 11 is 12.3. The van der Waals surface area contributed by atoms with Gasteiger partial charge in [0.25, 0.3) is 0 Å². The van der Waals surface area contributed by atoms with Crippen LogP contribution in [0.4, 0.5) is 10.1 Å². The Bertz CT molecular complexity index is 637. The lowest BCUT2D eigenvalue weighted by Crippen LogP contribution is -1.97. The Labute approximate surface area is 138 Å². The average Bonchev–Trinajstić information content (AvgIpc) is 2.48. The fourth-order valence-corrected chi connectivity index (χ4v) is 2.31. The molecule has 0 aromatic heterocycles. The Morgan fingerprint density at radius 3 is 2.41 bits per heavy atom. The monoisotopic (exact) mass is 340 g/mol. The van der Waals surface area contributed by atoms with Crippen LogP contribution in [0.25, 0.3) is 0 Å². The number of benzene rings is 2. The number of hydrogen-bond acceptors (Lipinski definition) is 3. The molecule has 0 bridgehead atoms. The van der Waals surface area contributed by atoms with E-state index < -0.39 is 0 Å². The van der Waals surface area contributed by atoms with E-state index in [1.165, 1.54) is 12.1 Å². The summed E-state index contributed by atoms with van der Waals surface area (Å²) in [7, 11) is 0. The van der Waals surface area contributed by atoms with Gasteiger partial charge in [-0.15, -0.1) is 0 Å². The summed E-state index contributed by atoms with van der Waals surface area (Å²) in [5, 5.41) is 4.93. The third-order valence-corrected chi connectivity index (χ3v) is 3.28. The molecule has 0 saturated carbocycles. The molecule has 2 rings (SSSR count). The van der Waals surface area contributed by atoms with Gasteiger partial charge < -0.3 is 4.74 Å². The van der Waals surface area contributed by atoms with Crippen molar-refractivity contribution >= 4 is 35.1 Å². The van der Waals surface area contributed by atoms with E-state index in [1.54, 1.807) is 30.5 Å². The molecule has 0 spiro atoms. The SMILES string of the molecule is CCCOc1c(Cl)cc(/C=N/Nc2ccc(F)cc2)cc1Cl. The molecule has 0 amide bonds. The van der Waals surface area contributed by atoms with Crippen molar-refractivity contribution in [2.24, 2.45) is 5.10 Å². The highest BCUT2D eigenvalue weighted by Crippen LogP contribution is 2.33. The molecule has 22 heavy (non-hydrogen) atoms. The Hall–Kier alpha value is -1.78. The molecule has 0 heterocycles. The summed E-state index contributed by atoms with van der Waals surface area (Å²) in [6, 6.07) is 9.32. The quantitative estimate of drug-likeness (QED) is 0.566. The molecule has 6 heteroatoms. The average molecular weight is 341 g/mol. The van der Waals surface area contributed by atoms with E-state index in [0.717, 1.165) is 12.0 Å². The van der Waals surface area contributed by atoms with Gasteiger partial charge in [0.1, 0.15) is 5.82 Å². The van der Waals surface area contributed by atoms with Gasteiger partial charge in [0.05, 0.1) is 28.6 Å². The van der Waals surface area contributed by atoms with Crippen LogP contribution in [-0.4, -0.2) is 12.8 Å². The second-order valence-corrected chi connectivity index (χ2v) is 5.35. The lowest BCUT2D eigenvalue weighted by atomic mass is 10.2. The maximum Gasteiger partial charge on any atom is 0.156 e. The minimum absolute atomic E-state index is 0.296. The van der Waals surface area contributed by atoms with Crippen molar-refractivity contribution in [3.63, 3.8) is 0 Å². The third kappa shape index (κ3) is 4.61. The van der Waals surface area contributed by atoms with Crippen LogP contribution in [0.2, 0.25) is 10.0 Å². The fraction of sp³-hybridized carbons (Fsp3) is 0.188. The van der Waals surface area contributed by atoms with Crippen LogP contribution in [-0.2, 0) is 0 Å². The van der Waals surface area contributed by atoms with Crippen LogP contribution >= 0.6 is 23.2 Å². The van der Waals surface area contributed by atoms with Crippen molar-refractivity contribution in [1.29, 1.82) is 0 Å². The van der Waals surface area contributed by atoms with Crippen LogP contribution in [0.1, 0.15) is 18.9 Å². The van der Waals surface area contributed by atoms with Crippen molar-refractivity contribution < 1.29 is 9.13 Å². The van der Waals surface area contributed by atoms with Crippen molar-refractivity contribution in [1.82, 2.24) is 0 Å². The van der Waals surface area contributed by atoms with Crippen LogP contribution in [0.3, 0.4) is 0 Å². The molecular weight excluding hydrogens is 326 g/mol. The number of nitrogens with one attached hydrogen (secondary N) is 1. The number of nitrogens with zero attached hydrogens (tertiary/aromatic N) is 1. The molecule has 0 unspecified atom stereocenters. The fourth-order valence-electron chi connectivity index (χ4n) is 1.70. The zero-order valence-electron chi connectivity index (χ0n) is 11.9. The Morgan fingerprint density at radius 1 is 1.18 bits per heavy atom. The minimum atomic E-state index is -0.296. The first kappa shape index (κ1) is 16.6. The van der Waals surface area contributed by atoms with Crippen LogP contribution < -0.4 is 10.2 Å². The van der Waals surface area contributed by atoms with E-state index in [2.05, 4.69) is 10.5 Å². The lowest BCUT2D eigenvalue weighted by Gasteiger charge is -2.09. The first-order valence-electron chi connectivity index (χ1n) is 6.76. The Morgan fingerprint density at radius 2 is 1.82 bits per heavy atom. The maximum atomic E-state index is 12.8. The van der Waals surface area contributed by atoms with Gasteiger partial charge in [0.2, 0.25) is 0 Å². The molecule has 0 saturated heterocycles. The molecule has 0 aliphatic carbocycles. The highest BCUT2D eigenvalue weighted by Gasteiger charge is 2.08. The second-order valence-electron chi connectivity index (χ2n) is 4.54. The number of anilines is 1. The normalized spacial score (nSPS) is 10.9. The largest absolute Gasteiger partial charge is 0.490 e. The van der Waals surface area contributed by atoms with E-state index in [0.29, 0.717) is 28.1 Å². The van der Waals surface area contributed by atoms with Crippen LogP contribution in [0, 0.1) is 5.82 Å². The van der Waals surface area contributed by atoms with Gasteiger partial charge in [-0.3, -0.25) is 5.43 Å². The number of hydrazone groups is 1. The lowest BCUT2D eigenvalue weighted by molar-refractivity contribution is 0.318. The predicted molar refractivity (Wildman–Crippen MR) is 89.9 cm³/mol. The van der Waals surface area contributed by atoms with E-state index in [-0.39, 0.29) is 5.82 Å². The van der Waals surface area contributed by atoms with E-state index in [9.17, 15) is 4.39 Å². The highest BCUT2D eigenvalue weighted by atomic mass is 35.5. The number of halogens is 3. The number of hydrogen-bond donors (Lipinski definition) is 1. The van der Waals surface area contributed by atoms with Crippen molar-refractivity contribution in [2.75, 3.05) is 12.0 Å². The molecule has 0 fully saturated rings. The summed E-state index contributed by atoms with van der Waals surface area (Å²) in [4.78, 5) is 0. The molecular formula is C16H15Cl2FN2O. The predicted octanol–water partition coefficient (Wildman–Crippen LogP) is 5.37. The molecule has 2 aromatic carbocycles. The second kappa shape index (κ2) is 8.01. The van der Waals surface area contributed by atoms with Gasteiger partial charge in [-0.25, -0.2) is 4.39 Å². The summed E-state index contributed by atoms with van der Waals surface area (Å²) in [6.45, 7) is 2.56. The van der Waals surface area contributed by atoms with Crippen molar-refractivity contribution in [2.45, 2.75) is 13.3 Å². The van der Waals surface area contributed by atoms with Gasteiger partial charge in [0.15, 0.2) is 5.75 Å². The molecule has 0 aliphatic rings. The zero-order chi connectivity index (χ0) is 15.9. The Kier molecular flexibility index (Phi) is 6.04. The standard InChI is InChI=1S/C16H15Cl2FN2O/c1-2-7-22-16-14(17)8-11(9-15(16)18)10-20-21-13-5-3-12(19)4-6-13/h3-6,8-10,21H,2,7H2,1H3/b20-10+. The molecule has 0 radical (unpaired) electrons. The molecule has 2 aromatic rings. The highest BCUT2D eigenvalue weighted by molar-refractivity contribution is 6.37. The van der Waals surface area contributed by atoms with Gasteiger partial charge in [-0.05, 0) is 48.4 Å². The van der Waals surface area contributed by atoms with E-state index in [1.807, 2.05) is 6.92 Å². The summed E-state index contributed by atoms with van der Waals surface area (Å²) in [5.74, 6) is 0.185. The third-order valence-electron chi connectivity index (χ3n) is 2.72. The summed E-state index contributed by atoms with van der Waals surface area (Å²) in [5.41, 5.74) is 4.20. The van der Waals surface area contributed by atoms with Gasteiger partial charge in [0, 0.05) is 0 Å². The number of rotatable bonds is 6. The zero-order valence-corrected chi connectivity index (χ0v) is 13.5. The first-order valence-corrected chi connectivity index (χ1v) is 7.52. The van der Waals surface area contributed by atoms with Crippen molar-refractivity contribution in [3.05, 3.63) is 57.8 Å². The molecule has 3 nitrogen and oxygen atoms in total. The number of ether oxygens (including phenoxy) is 1. The van der Waals surface area contributed by atoms with Crippen molar-refractivity contribution in [3.8, 4) is 5.75 Å². The molecule has 1 N–H and O–H groups in total. The molecule has 0 atom stereocenters. The first-order chi connectivity index (χ1) is 10.6. The van der Waals surface area contributed by atoms with Gasteiger partial charge in [-0.1, -0.05) is 30.1 Å². The molecule has 0 aliphatic heterocycles. The summed E-state index contributed by atoms with van der Waals surface area (Å²) < 4.78 is 18.3. The van der Waals surface area contributed by atoms with Gasteiger partial charge in [-0.2, -0.15) is 5.10 Å². The van der Waals surface area contributed by atoms with E-state index >= 15 is 0 Å². The van der Waals surface area contributed by atoms with Crippen LogP contribution in [0.15, 0.2) is 41.5 Å². The maximum absolute atomic E-state index is 12.8.